The molecule has 2 aromatic heterocycles. The van der Waals surface area contributed by atoms with Crippen molar-refractivity contribution in [1.82, 2.24) is 24.2 Å². The summed E-state index contributed by atoms with van der Waals surface area (Å²) in [5.41, 5.74) is 2.32. The van der Waals surface area contributed by atoms with E-state index in [4.69, 9.17) is 4.74 Å². The molecule has 3 rings (SSSR count). The molecule has 2 heterocycles. The van der Waals surface area contributed by atoms with Crippen LogP contribution in [0.4, 0.5) is 11.6 Å². The van der Waals surface area contributed by atoms with Crippen LogP contribution in [0.25, 0.3) is 11.4 Å². The molecule has 0 fully saturated rings. The highest BCUT2D eigenvalue weighted by atomic mass is 32.2. The molecule has 2 N–H and O–H groups in total. The van der Waals surface area contributed by atoms with Crippen LogP contribution in [0, 0.1) is 0 Å². The van der Waals surface area contributed by atoms with Gasteiger partial charge in [-0.2, -0.15) is 0 Å². The lowest BCUT2D eigenvalue weighted by atomic mass is 10.2. The van der Waals surface area contributed by atoms with Crippen LogP contribution in [0.5, 0.6) is 0 Å². The summed E-state index contributed by atoms with van der Waals surface area (Å²) < 4.78 is 33.8. The summed E-state index contributed by atoms with van der Waals surface area (Å²) in [7, 11) is -0.0909. The molecule has 0 saturated heterocycles. The zero-order chi connectivity index (χ0) is 21.7. The molecule has 30 heavy (non-hydrogen) atoms. The second kappa shape index (κ2) is 9.33. The van der Waals surface area contributed by atoms with E-state index in [-0.39, 0.29) is 11.4 Å². The summed E-state index contributed by atoms with van der Waals surface area (Å²) in [6.07, 6.45) is 3.48. The Balaban J connectivity index is 1.75. The fourth-order valence-electron chi connectivity index (χ4n) is 2.97. The lowest BCUT2D eigenvalue weighted by Gasteiger charge is -2.10. The molecule has 9 nitrogen and oxygen atoms in total. The van der Waals surface area contributed by atoms with E-state index < -0.39 is 10.0 Å². The number of aromatic nitrogens is 4. The van der Waals surface area contributed by atoms with Crippen molar-refractivity contribution < 1.29 is 13.2 Å². The zero-order valence-electron chi connectivity index (χ0n) is 17.5. The van der Waals surface area contributed by atoms with Crippen LogP contribution in [0.2, 0.25) is 0 Å². The smallest absolute Gasteiger partial charge is 0.240 e. The van der Waals surface area contributed by atoms with Gasteiger partial charge in [-0.15, -0.1) is 0 Å². The van der Waals surface area contributed by atoms with E-state index in [0.29, 0.717) is 24.2 Å². The Kier molecular flexibility index (Phi) is 6.80. The molecule has 0 unspecified atom stereocenters. The van der Waals surface area contributed by atoms with Crippen LogP contribution >= 0.6 is 0 Å². The van der Waals surface area contributed by atoms with E-state index >= 15 is 0 Å². The van der Waals surface area contributed by atoms with Gasteiger partial charge in [0, 0.05) is 38.5 Å². The van der Waals surface area contributed by atoms with Crippen molar-refractivity contribution >= 4 is 21.7 Å². The van der Waals surface area contributed by atoms with Gasteiger partial charge in [0.2, 0.25) is 16.0 Å². The standard InChI is InChI=1S/C20H26N6O3S/c1-14(2)19-22-13-18(26(19)3)17-9-10-21-20(25-17)24-15-5-7-16(8-6-15)30(27,28)23-11-12-29-4/h5-10,13-14,23H,11-12H2,1-4H3,(H,21,24,25). The Morgan fingerprint density at radius 2 is 1.87 bits per heavy atom. The van der Waals surface area contributed by atoms with E-state index in [2.05, 4.69) is 38.8 Å². The molecule has 3 aromatic rings. The molecule has 0 aliphatic carbocycles. The fraction of sp³-hybridized carbons (Fsp3) is 0.350. The summed E-state index contributed by atoms with van der Waals surface area (Å²) in [6.45, 7) is 4.71. The first-order valence-corrected chi connectivity index (χ1v) is 11.0. The summed E-state index contributed by atoms with van der Waals surface area (Å²) in [5, 5.41) is 3.11. The van der Waals surface area contributed by atoms with Crippen molar-refractivity contribution in [1.29, 1.82) is 0 Å². The third kappa shape index (κ3) is 5.02. The average Bonchev–Trinajstić information content (AvgIpc) is 3.10. The number of nitrogens with one attached hydrogen (secondary N) is 2. The second-order valence-electron chi connectivity index (χ2n) is 7.02. The minimum Gasteiger partial charge on any atom is -0.383 e. The highest BCUT2D eigenvalue weighted by Gasteiger charge is 2.14. The Morgan fingerprint density at radius 3 is 2.50 bits per heavy atom. The van der Waals surface area contributed by atoms with E-state index in [1.807, 2.05) is 17.7 Å². The first-order chi connectivity index (χ1) is 14.3. The van der Waals surface area contributed by atoms with Gasteiger partial charge < -0.3 is 14.6 Å². The van der Waals surface area contributed by atoms with Crippen LogP contribution in [0.3, 0.4) is 0 Å². The highest BCUT2D eigenvalue weighted by molar-refractivity contribution is 7.89. The summed E-state index contributed by atoms with van der Waals surface area (Å²) in [6, 6.07) is 8.21. The molecule has 0 amide bonds. The quantitative estimate of drug-likeness (QED) is 0.502. The van der Waals surface area contributed by atoms with Crippen molar-refractivity contribution in [3.05, 3.63) is 48.5 Å². The molecule has 0 radical (unpaired) electrons. The van der Waals surface area contributed by atoms with Gasteiger partial charge in [0.05, 0.1) is 29.1 Å². The van der Waals surface area contributed by atoms with Gasteiger partial charge in [-0.25, -0.2) is 28.1 Å². The maximum atomic E-state index is 12.2. The predicted molar refractivity (Wildman–Crippen MR) is 115 cm³/mol. The van der Waals surface area contributed by atoms with Crippen LogP contribution < -0.4 is 10.0 Å². The average molecular weight is 431 g/mol. The van der Waals surface area contributed by atoms with Crippen LogP contribution in [-0.2, 0) is 21.8 Å². The number of methoxy groups -OCH3 is 1. The van der Waals surface area contributed by atoms with Crippen molar-refractivity contribution in [2.75, 3.05) is 25.6 Å². The maximum absolute atomic E-state index is 12.2. The van der Waals surface area contributed by atoms with E-state index in [1.165, 1.54) is 19.2 Å². The third-order valence-electron chi connectivity index (χ3n) is 4.48. The summed E-state index contributed by atoms with van der Waals surface area (Å²) >= 11 is 0. The first kappa shape index (κ1) is 21.9. The number of sulfonamides is 1. The van der Waals surface area contributed by atoms with E-state index in [9.17, 15) is 8.42 Å². The Labute approximate surface area is 176 Å². The normalized spacial score (nSPS) is 11.8. The van der Waals surface area contributed by atoms with Crippen molar-refractivity contribution in [2.45, 2.75) is 24.7 Å². The Hall–Kier alpha value is -2.82. The first-order valence-electron chi connectivity index (χ1n) is 9.52. The molecule has 0 bridgehead atoms. The van der Waals surface area contributed by atoms with Gasteiger partial charge in [-0.3, -0.25) is 0 Å². The van der Waals surface area contributed by atoms with Crippen molar-refractivity contribution in [3.63, 3.8) is 0 Å². The third-order valence-corrected chi connectivity index (χ3v) is 5.95. The van der Waals surface area contributed by atoms with Gasteiger partial charge in [0.1, 0.15) is 5.82 Å². The van der Waals surface area contributed by atoms with Gasteiger partial charge in [0.15, 0.2) is 0 Å². The molecule has 0 aliphatic heterocycles. The monoisotopic (exact) mass is 430 g/mol. The summed E-state index contributed by atoms with van der Waals surface area (Å²) in [4.78, 5) is 13.5. The maximum Gasteiger partial charge on any atom is 0.240 e. The molecule has 0 spiro atoms. The Bertz CT molecular complexity index is 1090. The number of ether oxygens (including phenoxy) is 1. The number of nitrogens with zero attached hydrogens (tertiary/aromatic N) is 4. The molecular weight excluding hydrogens is 404 g/mol. The van der Waals surface area contributed by atoms with Crippen LogP contribution in [0.15, 0.2) is 47.6 Å². The number of rotatable bonds is 9. The largest absolute Gasteiger partial charge is 0.383 e. The number of benzene rings is 1. The number of hydrogen-bond donors (Lipinski definition) is 2. The number of hydrogen-bond acceptors (Lipinski definition) is 7. The lowest BCUT2D eigenvalue weighted by molar-refractivity contribution is 0.204. The fourth-order valence-corrected chi connectivity index (χ4v) is 3.98. The second-order valence-corrected chi connectivity index (χ2v) is 8.79. The SMILES string of the molecule is COCCNS(=O)(=O)c1ccc(Nc2nccc(-c3cnc(C(C)C)n3C)n2)cc1. The minimum atomic E-state index is -3.57. The highest BCUT2D eigenvalue weighted by Crippen LogP contribution is 2.23. The number of anilines is 2. The van der Waals surface area contributed by atoms with E-state index in [0.717, 1.165) is 17.2 Å². The molecule has 160 valence electrons. The molecule has 0 atom stereocenters. The minimum absolute atomic E-state index is 0.176. The molecule has 0 saturated carbocycles. The molecule has 1 aromatic carbocycles. The zero-order valence-corrected chi connectivity index (χ0v) is 18.3. The lowest BCUT2D eigenvalue weighted by Crippen LogP contribution is -2.27. The molecule has 10 heteroatoms. The van der Waals surface area contributed by atoms with Crippen molar-refractivity contribution in [3.8, 4) is 11.4 Å². The van der Waals surface area contributed by atoms with Crippen LogP contribution in [0.1, 0.15) is 25.6 Å². The molecular formula is C20H26N6O3S. The topological polar surface area (TPSA) is 111 Å². The number of imidazole rings is 1. The van der Waals surface area contributed by atoms with Crippen molar-refractivity contribution in [2.24, 2.45) is 7.05 Å². The van der Waals surface area contributed by atoms with Gasteiger partial charge >= 0.3 is 0 Å². The van der Waals surface area contributed by atoms with Crippen LogP contribution in [-0.4, -0.2) is 48.2 Å². The van der Waals surface area contributed by atoms with Gasteiger partial charge in [-0.05, 0) is 30.3 Å². The molecule has 0 aliphatic rings. The van der Waals surface area contributed by atoms with Gasteiger partial charge in [-0.1, -0.05) is 13.8 Å². The van der Waals surface area contributed by atoms with E-state index in [1.54, 1.807) is 24.5 Å². The summed E-state index contributed by atoms with van der Waals surface area (Å²) in [5.74, 6) is 1.70. The predicted octanol–water partition coefficient (Wildman–Crippen LogP) is 2.67. The Morgan fingerprint density at radius 1 is 1.13 bits per heavy atom. The van der Waals surface area contributed by atoms with Gasteiger partial charge in [0.25, 0.3) is 0 Å².